The summed E-state index contributed by atoms with van der Waals surface area (Å²) in [7, 11) is 0. The van der Waals surface area contributed by atoms with Gasteiger partial charge in [-0.3, -0.25) is 14.2 Å². The molecule has 2 atom stereocenters. The van der Waals surface area contributed by atoms with Crippen LogP contribution in [0.1, 0.15) is 38.5 Å². The number of hydrogen-bond donors (Lipinski definition) is 1. The molecule has 2 aliphatic rings. The van der Waals surface area contributed by atoms with Crippen molar-refractivity contribution < 1.29 is 4.79 Å². The van der Waals surface area contributed by atoms with Crippen molar-refractivity contribution in [1.82, 2.24) is 19.8 Å². The van der Waals surface area contributed by atoms with E-state index in [4.69, 9.17) is 0 Å². The molecule has 2 aromatic rings. The minimum Gasteiger partial charge on any atom is -0.356 e. The third-order valence-electron chi connectivity index (χ3n) is 6.10. The molecule has 27 heavy (non-hydrogen) atoms. The quantitative estimate of drug-likeness (QED) is 0.878. The predicted octanol–water partition coefficient (Wildman–Crippen LogP) is 2.17. The number of nitrogens with zero attached hydrogens (tertiary/aromatic N) is 3. The fourth-order valence-electron chi connectivity index (χ4n) is 4.64. The number of nitrogens with one attached hydrogen (secondary N) is 1. The van der Waals surface area contributed by atoms with Gasteiger partial charge in [-0.15, -0.1) is 0 Å². The van der Waals surface area contributed by atoms with Crippen molar-refractivity contribution in [3.63, 3.8) is 0 Å². The molecule has 1 aromatic carbocycles. The van der Waals surface area contributed by atoms with Gasteiger partial charge in [-0.2, -0.15) is 0 Å². The Balaban J connectivity index is 1.31. The molecule has 1 aromatic heterocycles. The largest absolute Gasteiger partial charge is 0.356 e. The van der Waals surface area contributed by atoms with Crippen molar-refractivity contribution in [2.75, 3.05) is 19.6 Å². The molecule has 1 amide bonds. The van der Waals surface area contributed by atoms with Crippen LogP contribution in [-0.2, 0) is 11.3 Å². The highest BCUT2D eigenvalue weighted by Gasteiger charge is 2.32. The molecule has 2 saturated heterocycles. The van der Waals surface area contributed by atoms with Crippen LogP contribution in [-0.4, -0.2) is 46.0 Å². The highest BCUT2D eigenvalue weighted by atomic mass is 16.1. The first kappa shape index (κ1) is 18.2. The van der Waals surface area contributed by atoms with E-state index >= 15 is 0 Å². The van der Waals surface area contributed by atoms with E-state index < -0.39 is 0 Å². The van der Waals surface area contributed by atoms with Gasteiger partial charge in [0.05, 0.1) is 17.2 Å². The van der Waals surface area contributed by atoms with Gasteiger partial charge in [0.1, 0.15) is 0 Å². The standard InChI is InChI=1S/C21H28N4O2/c26-20(22-14-16-6-5-12-24-11-4-3-9-19(16)24)10-13-25-15-23-18-8-2-1-7-17(18)21(25)27/h1-2,7-8,15-16,19H,3-6,9-14H2,(H,22,26)/t16-,19?/m0/s1. The molecular formula is C21H28N4O2. The van der Waals surface area contributed by atoms with Crippen LogP contribution in [0.3, 0.4) is 0 Å². The summed E-state index contributed by atoms with van der Waals surface area (Å²) in [6.07, 6.45) is 8.16. The summed E-state index contributed by atoms with van der Waals surface area (Å²) in [6, 6.07) is 7.94. The SMILES string of the molecule is O=C(CCn1cnc2ccccc2c1=O)NC[C@@H]1CCCN2CCCCC12. The van der Waals surface area contributed by atoms with Crippen molar-refractivity contribution >= 4 is 16.8 Å². The van der Waals surface area contributed by atoms with E-state index in [9.17, 15) is 9.59 Å². The van der Waals surface area contributed by atoms with Gasteiger partial charge in [0.2, 0.25) is 5.91 Å². The van der Waals surface area contributed by atoms with Crippen molar-refractivity contribution in [2.45, 2.75) is 51.1 Å². The number of aryl methyl sites for hydroxylation is 1. The summed E-state index contributed by atoms with van der Waals surface area (Å²) in [5, 5.41) is 3.71. The third-order valence-corrected chi connectivity index (χ3v) is 6.10. The predicted molar refractivity (Wildman–Crippen MR) is 106 cm³/mol. The zero-order chi connectivity index (χ0) is 18.6. The van der Waals surface area contributed by atoms with Crippen LogP contribution in [0.2, 0.25) is 0 Å². The molecule has 4 rings (SSSR count). The third kappa shape index (κ3) is 4.05. The fraction of sp³-hybridized carbons (Fsp3) is 0.571. The number of carbonyl (C=O) groups excluding carboxylic acids is 1. The maximum atomic E-state index is 12.5. The van der Waals surface area contributed by atoms with Crippen LogP contribution in [0.5, 0.6) is 0 Å². The second-order valence-electron chi connectivity index (χ2n) is 7.82. The van der Waals surface area contributed by atoms with Gasteiger partial charge >= 0.3 is 0 Å². The number of carbonyl (C=O) groups is 1. The van der Waals surface area contributed by atoms with Crippen LogP contribution in [0.15, 0.2) is 35.4 Å². The molecule has 6 heteroatoms. The lowest BCUT2D eigenvalue weighted by atomic mass is 9.83. The van der Waals surface area contributed by atoms with Gasteiger partial charge in [-0.1, -0.05) is 18.6 Å². The second-order valence-corrected chi connectivity index (χ2v) is 7.82. The number of amides is 1. The minimum absolute atomic E-state index is 0.0167. The monoisotopic (exact) mass is 368 g/mol. The molecule has 0 radical (unpaired) electrons. The van der Waals surface area contributed by atoms with Crippen LogP contribution in [0.25, 0.3) is 10.9 Å². The van der Waals surface area contributed by atoms with Gasteiger partial charge < -0.3 is 10.2 Å². The van der Waals surface area contributed by atoms with Crippen molar-refractivity contribution in [2.24, 2.45) is 5.92 Å². The summed E-state index contributed by atoms with van der Waals surface area (Å²) in [6.45, 7) is 3.55. The van der Waals surface area contributed by atoms with E-state index in [0.29, 0.717) is 35.8 Å². The van der Waals surface area contributed by atoms with E-state index in [1.165, 1.54) is 49.8 Å². The Morgan fingerprint density at radius 3 is 2.93 bits per heavy atom. The van der Waals surface area contributed by atoms with E-state index in [2.05, 4.69) is 15.2 Å². The Morgan fingerprint density at radius 2 is 2.00 bits per heavy atom. The Kier molecular flexibility index (Phi) is 5.53. The normalized spacial score (nSPS) is 23.1. The first-order chi connectivity index (χ1) is 13.2. The number of benzene rings is 1. The molecule has 6 nitrogen and oxygen atoms in total. The topological polar surface area (TPSA) is 67.2 Å². The zero-order valence-corrected chi connectivity index (χ0v) is 15.8. The molecule has 0 saturated carbocycles. The molecule has 144 valence electrons. The Labute approximate surface area is 159 Å². The molecule has 1 N–H and O–H groups in total. The average molecular weight is 368 g/mol. The van der Waals surface area contributed by atoms with Crippen LogP contribution >= 0.6 is 0 Å². The maximum Gasteiger partial charge on any atom is 0.261 e. The van der Waals surface area contributed by atoms with Crippen LogP contribution in [0.4, 0.5) is 0 Å². The molecule has 1 unspecified atom stereocenters. The molecular weight excluding hydrogens is 340 g/mol. The van der Waals surface area contributed by atoms with Crippen molar-refractivity contribution in [3.8, 4) is 0 Å². The molecule has 2 fully saturated rings. The summed E-state index contributed by atoms with van der Waals surface area (Å²) >= 11 is 0. The number of hydrogen-bond acceptors (Lipinski definition) is 4. The van der Waals surface area contributed by atoms with Crippen LogP contribution in [0, 0.1) is 5.92 Å². The fourth-order valence-corrected chi connectivity index (χ4v) is 4.64. The smallest absolute Gasteiger partial charge is 0.261 e. The molecule has 0 spiro atoms. The number of piperidine rings is 2. The van der Waals surface area contributed by atoms with Crippen molar-refractivity contribution in [3.05, 3.63) is 40.9 Å². The maximum absolute atomic E-state index is 12.5. The van der Waals surface area contributed by atoms with Gasteiger partial charge in [-0.05, 0) is 56.8 Å². The molecule has 2 aliphatic heterocycles. The first-order valence-corrected chi connectivity index (χ1v) is 10.2. The molecule has 3 heterocycles. The molecule has 0 bridgehead atoms. The van der Waals surface area contributed by atoms with Gasteiger partial charge in [0.25, 0.3) is 5.56 Å². The van der Waals surface area contributed by atoms with E-state index in [1.54, 1.807) is 12.4 Å². The number of para-hydroxylation sites is 1. The Bertz CT molecular complexity index is 861. The average Bonchev–Trinajstić information content (AvgIpc) is 2.72. The van der Waals surface area contributed by atoms with Gasteiger partial charge in [0.15, 0.2) is 0 Å². The number of fused-ring (bicyclic) bond motifs is 2. The van der Waals surface area contributed by atoms with Gasteiger partial charge in [-0.25, -0.2) is 4.98 Å². The Morgan fingerprint density at radius 1 is 1.15 bits per heavy atom. The number of rotatable bonds is 5. The van der Waals surface area contributed by atoms with Crippen molar-refractivity contribution in [1.29, 1.82) is 0 Å². The first-order valence-electron chi connectivity index (χ1n) is 10.2. The van der Waals surface area contributed by atoms with Gasteiger partial charge in [0, 0.05) is 25.6 Å². The minimum atomic E-state index is -0.0847. The Hall–Kier alpha value is -2.21. The summed E-state index contributed by atoms with van der Waals surface area (Å²) in [4.78, 5) is 31.7. The zero-order valence-electron chi connectivity index (χ0n) is 15.8. The lowest BCUT2D eigenvalue weighted by Gasteiger charge is -2.44. The summed E-state index contributed by atoms with van der Waals surface area (Å²) < 4.78 is 1.53. The molecule has 0 aliphatic carbocycles. The van der Waals surface area contributed by atoms with E-state index in [1.807, 2.05) is 18.2 Å². The highest BCUT2D eigenvalue weighted by Crippen LogP contribution is 2.30. The van der Waals surface area contributed by atoms with E-state index in [-0.39, 0.29) is 11.5 Å². The van der Waals surface area contributed by atoms with E-state index in [0.717, 1.165) is 6.54 Å². The highest BCUT2D eigenvalue weighted by molar-refractivity contribution is 5.77. The lowest BCUT2D eigenvalue weighted by molar-refractivity contribution is -0.121. The second kappa shape index (κ2) is 8.21. The lowest BCUT2D eigenvalue weighted by Crippen LogP contribution is -2.51. The summed E-state index contributed by atoms with van der Waals surface area (Å²) in [5.74, 6) is 0.580. The number of aromatic nitrogens is 2. The summed E-state index contributed by atoms with van der Waals surface area (Å²) in [5.41, 5.74) is 0.607. The van der Waals surface area contributed by atoms with Crippen LogP contribution < -0.4 is 10.9 Å².